The van der Waals surface area contributed by atoms with Crippen LogP contribution in [0.3, 0.4) is 0 Å². The highest BCUT2D eigenvalue weighted by atomic mass is 32.2. The first-order chi connectivity index (χ1) is 13.6. The molecule has 0 bridgehead atoms. The smallest absolute Gasteiger partial charge is 0.338 e. The number of rotatable bonds is 11. The molecule has 9 heteroatoms. The van der Waals surface area contributed by atoms with E-state index in [9.17, 15) is 18.0 Å². The molecule has 0 aliphatic rings. The van der Waals surface area contributed by atoms with E-state index in [4.69, 9.17) is 9.47 Å². The van der Waals surface area contributed by atoms with Gasteiger partial charge in [-0.15, -0.1) is 0 Å². The van der Waals surface area contributed by atoms with Gasteiger partial charge in [0.25, 0.3) is 5.91 Å². The minimum absolute atomic E-state index is 0.0206. The Hall–Kier alpha value is -2.39. The summed E-state index contributed by atoms with van der Waals surface area (Å²) in [5, 5.41) is 0. The molecule has 29 heavy (non-hydrogen) atoms. The SMILES string of the molecule is C=C(C)CN(CC)C(=O)COC(=O)c1ccc(OC)c(S(=O)(=O)N(CC)CC)c1. The maximum absolute atomic E-state index is 12.9. The zero-order valence-electron chi connectivity index (χ0n) is 17.7. The number of sulfonamides is 1. The number of benzene rings is 1. The van der Waals surface area contributed by atoms with E-state index in [2.05, 4.69) is 6.58 Å². The van der Waals surface area contributed by atoms with Gasteiger partial charge in [-0.1, -0.05) is 26.0 Å². The number of carbonyl (C=O) groups excluding carboxylic acids is 2. The first kappa shape index (κ1) is 24.6. The van der Waals surface area contributed by atoms with Gasteiger partial charge < -0.3 is 14.4 Å². The van der Waals surface area contributed by atoms with Crippen LogP contribution in [0.25, 0.3) is 0 Å². The Morgan fingerprint density at radius 2 is 1.72 bits per heavy atom. The fourth-order valence-electron chi connectivity index (χ4n) is 2.71. The molecule has 0 aromatic heterocycles. The van der Waals surface area contributed by atoms with Crippen molar-refractivity contribution in [2.75, 3.05) is 39.9 Å². The third kappa shape index (κ3) is 6.30. The van der Waals surface area contributed by atoms with Gasteiger partial charge in [-0.3, -0.25) is 4.79 Å². The Bertz CT molecular complexity index is 847. The largest absolute Gasteiger partial charge is 0.495 e. The normalized spacial score (nSPS) is 11.2. The Morgan fingerprint density at radius 1 is 1.10 bits per heavy atom. The summed E-state index contributed by atoms with van der Waals surface area (Å²) in [5.41, 5.74) is 0.834. The van der Waals surface area contributed by atoms with Crippen LogP contribution in [0.2, 0.25) is 0 Å². The van der Waals surface area contributed by atoms with Crippen molar-refractivity contribution in [3.8, 4) is 5.75 Å². The van der Waals surface area contributed by atoms with Gasteiger partial charge in [0, 0.05) is 26.2 Å². The number of nitrogens with zero attached hydrogens (tertiary/aromatic N) is 2. The molecule has 1 rings (SSSR count). The first-order valence-corrected chi connectivity index (χ1v) is 10.8. The molecule has 0 fully saturated rings. The molecule has 8 nitrogen and oxygen atoms in total. The van der Waals surface area contributed by atoms with Crippen LogP contribution in [-0.4, -0.2) is 69.4 Å². The summed E-state index contributed by atoms with van der Waals surface area (Å²) in [6, 6.07) is 4.01. The molecule has 1 aromatic rings. The van der Waals surface area contributed by atoms with Crippen molar-refractivity contribution >= 4 is 21.9 Å². The van der Waals surface area contributed by atoms with E-state index in [-0.39, 0.29) is 35.2 Å². The summed E-state index contributed by atoms with van der Waals surface area (Å²) in [4.78, 5) is 26.0. The average Bonchev–Trinajstić information content (AvgIpc) is 2.69. The standard InChI is InChI=1S/C20H30N2O6S/c1-7-21(13-15(4)5)19(23)14-28-20(24)16-10-11-17(27-6)18(12-16)29(25,26)22(8-2)9-3/h10-12H,4,7-9,13-14H2,1-3,5-6H3. The molecule has 0 radical (unpaired) electrons. The topological polar surface area (TPSA) is 93.2 Å². The van der Waals surface area contributed by atoms with E-state index in [1.807, 2.05) is 6.92 Å². The molecule has 0 N–H and O–H groups in total. The number of hydrogen-bond donors (Lipinski definition) is 0. The Balaban J connectivity index is 3.07. The zero-order valence-corrected chi connectivity index (χ0v) is 18.5. The molecule has 0 saturated heterocycles. The van der Waals surface area contributed by atoms with Crippen LogP contribution in [-0.2, 0) is 19.6 Å². The Labute approximate surface area is 173 Å². The third-order valence-corrected chi connectivity index (χ3v) is 6.32. The van der Waals surface area contributed by atoms with Gasteiger partial charge in [0.15, 0.2) is 6.61 Å². The highest BCUT2D eigenvalue weighted by Crippen LogP contribution is 2.28. The van der Waals surface area contributed by atoms with Crippen LogP contribution in [0.1, 0.15) is 38.1 Å². The number of likely N-dealkylation sites (N-methyl/N-ethyl adjacent to an activating group) is 1. The lowest BCUT2D eigenvalue weighted by Gasteiger charge is -2.21. The zero-order chi connectivity index (χ0) is 22.2. The second-order valence-corrected chi connectivity index (χ2v) is 8.30. The van der Waals surface area contributed by atoms with E-state index in [0.29, 0.717) is 13.1 Å². The molecule has 0 saturated carbocycles. The van der Waals surface area contributed by atoms with E-state index < -0.39 is 22.6 Å². The van der Waals surface area contributed by atoms with Crippen LogP contribution in [0, 0.1) is 0 Å². The van der Waals surface area contributed by atoms with Gasteiger partial charge in [-0.05, 0) is 32.0 Å². The summed E-state index contributed by atoms with van der Waals surface area (Å²) in [6.45, 7) is 11.8. The van der Waals surface area contributed by atoms with Crippen molar-refractivity contribution in [3.05, 3.63) is 35.9 Å². The predicted octanol–water partition coefficient (Wildman–Crippen LogP) is 2.31. The summed E-state index contributed by atoms with van der Waals surface area (Å²) >= 11 is 0. The molecule has 1 aromatic carbocycles. The molecule has 0 atom stereocenters. The summed E-state index contributed by atoms with van der Waals surface area (Å²) in [5.74, 6) is -1.01. The molecular formula is C20H30N2O6S. The molecule has 0 spiro atoms. The maximum atomic E-state index is 12.9. The van der Waals surface area contributed by atoms with Crippen LogP contribution in [0.5, 0.6) is 5.75 Å². The van der Waals surface area contributed by atoms with Crippen LogP contribution < -0.4 is 4.74 Å². The molecule has 162 valence electrons. The van der Waals surface area contributed by atoms with Gasteiger partial charge in [0.1, 0.15) is 10.6 Å². The van der Waals surface area contributed by atoms with Crippen molar-refractivity contribution in [1.29, 1.82) is 0 Å². The number of hydrogen-bond acceptors (Lipinski definition) is 6. The van der Waals surface area contributed by atoms with Gasteiger partial charge in [0.05, 0.1) is 12.7 Å². The fourth-order valence-corrected chi connectivity index (χ4v) is 4.35. The number of carbonyl (C=O) groups is 2. The molecule has 0 heterocycles. The third-order valence-electron chi connectivity index (χ3n) is 4.24. The maximum Gasteiger partial charge on any atom is 0.338 e. The second kappa shape index (κ2) is 11.0. The highest BCUT2D eigenvalue weighted by molar-refractivity contribution is 7.89. The quantitative estimate of drug-likeness (QED) is 0.398. The lowest BCUT2D eigenvalue weighted by Crippen LogP contribution is -2.35. The first-order valence-electron chi connectivity index (χ1n) is 9.39. The molecular weight excluding hydrogens is 396 g/mol. The van der Waals surface area contributed by atoms with E-state index >= 15 is 0 Å². The Kier molecular flexibility index (Phi) is 9.32. The van der Waals surface area contributed by atoms with Crippen molar-refractivity contribution in [2.45, 2.75) is 32.6 Å². The molecule has 0 unspecified atom stereocenters. The lowest BCUT2D eigenvalue weighted by molar-refractivity contribution is -0.133. The van der Waals surface area contributed by atoms with E-state index in [1.165, 1.54) is 34.5 Å². The number of ether oxygens (including phenoxy) is 2. The van der Waals surface area contributed by atoms with Gasteiger partial charge >= 0.3 is 5.97 Å². The minimum atomic E-state index is -3.85. The van der Waals surface area contributed by atoms with Crippen LogP contribution in [0.4, 0.5) is 0 Å². The molecule has 1 amide bonds. The number of methoxy groups -OCH3 is 1. The summed E-state index contributed by atoms with van der Waals surface area (Å²) < 4.78 is 37.3. The van der Waals surface area contributed by atoms with Gasteiger partial charge in [-0.2, -0.15) is 4.31 Å². The van der Waals surface area contributed by atoms with Crippen molar-refractivity contribution < 1.29 is 27.5 Å². The lowest BCUT2D eigenvalue weighted by atomic mass is 10.2. The predicted molar refractivity (Wildman–Crippen MR) is 110 cm³/mol. The van der Waals surface area contributed by atoms with Crippen molar-refractivity contribution in [3.63, 3.8) is 0 Å². The van der Waals surface area contributed by atoms with Crippen molar-refractivity contribution in [2.24, 2.45) is 0 Å². The van der Waals surface area contributed by atoms with E-state index in [0.717, 1.165) is 5.57 Å². The minimum Gasteiger partial charge on any atom is -0.495 e. The monoisotopic (exact) mass is 426 g/mol. The van der Waals surface area contributed by atoms with E-state index in [1.54, 1.807) is 20.8 Å². The molecule has 0 aliphatic carbocycles. The number of amides is 1. The summed E-state index contributed by atoms with van der Waals surface area (Å²) in [6.07, 6.45) is 0. The van der Waals surface area contributed by atoms with Crippen LogP contribution in [0.15, 0.2) is 35.2 Å². The fraction of sp³-hybridized carbons (Fsp3) is 0.500. The number of esters is 1. The van der Waals surface area contributed by atoms with Gasteiger partial charge in [0.2, 0.25) is 10.0 Å². The molecule has 0 aliphatic heterocycles. The Morgan fingerprint density at radius 3 is 2.21 bits per heavy atom. The van der Waals surface area contributed by atoms with Crippen molar-refractivity contribution in [1.82, 2.24) is 9.21 Å². The van der Waals surface area contributed by atoms with Gasteiger partial charge in [-0.25, -0.2) is 13.2 Å². The highest BCUT2D eigenvalue weighted by Gasteiger charge is 2.27. The average molecular weight is 427 g/mol. The summed E-state index contributed by atoms with van der Waals surface area (Å²) in [7, 11) is -2.49. The second-order valence-electron chi connectivity index (χ2n) is 6.40. The van der Waals surface area contributed by atoms with Crippen LogP contribution >= 0.6 is 0 Å².